The summed E-state index contributed by atoms with van der Waals surface area (Å²) in [4.78, 5) is 0. The smallest absolute Gasteiger partial charge is 0.279 e. The van der Waals surface area contributed by atoms with Gasteiger partial charge in [0.15, 0.2) is 0 Å². The Bertz CT molecular complexity index is 712. The topological polar surface area (TPSA) is 97.6 Å². The molecule has 1 aromatic heterocycles. The van der Waals surface area contributed by atoms with Gasteiger partial charge in [-0.15, -0.1) is 10.2 Å². The molecule has 0 fully saturated rings. The quantitative estimate of drug-likeness (QED) is 0.840. The second-order valence-electron chi connectivity index (χ2n) is 4.34. The van der Waals surface area contributed by atoms with E-state index in [0.717, 1.165) is 4.31 Å². The third kappa shape index (κ3) is 3.78. The summed E-state index contributed by atoms with van der Waals surface area (Å²) in [6.07, 6.45) is 0. The number of nitrogens with one attached hydrogen (secondary N) is 1. The van der Waals surface area contributed by atoms with Gasteiger partial charge >= 0.3 is 0 Å². The first-order valence-electron chi connectivity index (χ1n) is 6.06. The number of methoxy groups -OCH3 is 1. The van der Waals surface area contributed by atoms with E-state index in [1.807, 2.05) is 0 Å². The lowest BCUT2D eigenvalue weighted by Gasteiger charge is -2.10. The van der Waals surface area contributed by atoms with Gasteiger partial charge in [-0.2, -0.15) is 17.4 Å². The second kappa shape index (κ2) is 6.20. The molecule has 9 heteroatoms. The first-order chi connectivity index (χ1) is 9.92. The Balaban J connectivity index is 2.11. The number of rotatable bonds is 6. The van der Waals surface area contributed by atoms with Crippen LogP contribution in [-0.4, -0.2) is 44.1 Å². The van der Waals surface area contributed by atoms with Gasteiger partial charge in [-0.05, 0) is 18.2 Å². The van der Waals surface area contributed by atoms with Crippen LogP contribution in [0.15, 0.2) is 28.7 Å². The van der Waals surface area contributed by atoms with Gasteiger partial charge < -0.3 is 9.15 Å². The van der Waals surface area contributed by atoms with Gasteiger partial charge in [0.2, 0.25) is 11.8 Å². The zero-order chi connectivity index (χ0) is 15.5. The molecule has 8 nitrogen and oxygen atoms in total. The van der Waals surface area contributed by atoms with E-state index in [1.54, 1.807) is 31.4 Å². The maximum Gasteiger partial charge on any atom is 0.279 e. The summed E-state index contributed by atoms with van der Waals surface area (Å²) in [5.41, 5.74) is 0.698. The monoisotopic (exact) mass is 312 g/mol. The molecule has 0 amide bonds. The molecule has 0 bridgehead atoms. The number of nitrogens with zero attached hydrogens (tertiary/aromatic N) is 3. The molecule has 1 N–H and O–H groups in total. The molecule has 0 radical (unpaired) electrons. The molecule has 1 heterocycles. The molecule has 114 valence electrons. The van der Waals surface area contributed by atoms with Gasteiger partial charge in [0, 0.05) is 19.7 Å². The van der Waals surface area contributed by atoms with Gasteiger partial charge in [0.1, 0.15) is 5.75 Å². The van der Waals surface area contributed by atoms with Crippen molar-refractivity contribution in [3.8, 4) is 17.2 Å². The molecular formula is C12H16N4O4S. The van der Waals surface area contributed by atoms with E-state index in [0.29, 0.717) is 17.2 Å². The maximum atomic E-state index is 11.6. The van der Waals surface area contributed by atoms with Crippen molar-refractivity contribution >= 4 is 10.2 Å². The van der Waals surface area contributed by atoms with Gasteiger partial charge in [0.05, 0.1) is 13.7 Å². The van der Waals surface area contributed by atoms with Crippen LogP contribution in [0.25, 0.3) is 11.5 Å². The fourth-order valence-corrected chi connectivity index (χ4v) is 2.04. The Morgan fingerprint density at radius 3 is 2.76 bits per heavy atom. The van der Waals surface area contributed by atoms with Crippen molar-refractivity contribution in [2.24, 2.45) is 0 Å². The van der Waals surface area contributed by atoms with Crippen LogP contribution in [0.1, 0.15) is 5.89 Å². The summed E-state index contributed by atoms with van der Waals surface area (Å²) >= 11 is 0. The molecular weight excluding hydrogens is 296 g/mol. The molecule has 0 unspecified atom stereocenters. The molecule has 0 saturated carbocycles. The predicted octanol–water partition coefficient (Wildman–Crippen LogP) is 0.641. The molecule has 2 aromatic rings. The minimum absolute atomic E-state index is 0.0719. The van der Waals surface area contributed by atoms with Crippen LogP contribution < -0.4 is 9.46 Å². The second-order valence-corrected chi connectivity index (χ2v) is 6.31. The van der Waals surface area contributed by atoms with E-state index in [9.17, 15) is 8.42 Å². The van der Waals surface area contributed by atoms with Crippen LogP contribution in [0.5, 0.6) is 5.75 Å². The van der Waals surface area contributed by atoms with E-state index in [1.165, 1.54) is 14.1 Å². The highest BCUT2D eigenvalue weighted by atomic mass is 32.2. The van der Waals surface area contributed by atoms with E-state index >= 15 is 0 Å². The van der Waals surface area contributed by atoms with E-state index in [4.69, 9.17) is 9.15 Å². The SMILES string of the molecule is COc1cccc(-c2nnc(CNS(=O)(=O)N(C)C)o2)c1. The lowest BCUT2D eigenvalue weighted by molar-refractivity contribution is 0.414. The summed E-state index contributed by atoms with van der Waals surface area (Å²) in [6.45, 7) is -0.0719. The zero-order valence-electron chi connectivity index (χ0n) is 11.9. The minimum Gasteiger partial charge on any atom is -0.497 e. The maximum absolute atomic E-state index is 11.6. The largest absolute Gasteiger partial charge is 0.497 e. The van der Waals surface area contributed by atoms with Gasteiger partial charge in [-0.25, -0.2) is 0 Å². The Morgan fingerprint density at radius 2 is 2.10 bits per heavy atom. The van der Waals surface area contributed by atoms with E-state index in [-0.39, 0.29) is 12.4 Å². The average molecular weight is 312 g/mol. The normalized spacial score (nSPS) is 11.8. The number of hydrogen-bond acceptors (Lipinski definition) is 6. The molecule has 0 aliphatic heterocycles. The highest BCUT2D eigenvalue weighted by Crippen LogP contribution is 2.22. The lowest BCUT2D eigenvalue weighted by Crippen LogP contribution is -2.35. The van der Waals surface area contributed by atoms with Crippen LogP contribution in [-0.2, 0) is 16.8 Å². The van der Waals surface area contributed by atoms with E-state index in [2.05, 4.69) is 14.9 Å². The highest BCUT2D eigenvalue weighted by Gasteiger charge is 2.15. The Morgan fingerprint density at radius 1 is 1.33 bits per heavy atom. The molecule has 2 rings (SSSR count). The number of ether oxygens (including phenoxy) is 1. The van der Waals surface area contributed by atoms with Gasteiger partial charge in [-0.3, -0.25) is 0 Å². The minimum atomic E-state index is -3.53. The summed E-state index contributed by atoms with van der Waals surface area (Å²) < 4.78 is 37.1. The van der Waals surface area contributed by atoms with Crippen LogP contribution in [0.3, 0.4) is 0 Å². The van der Waals surface area contributed by atoms with Crippen molar-refractivity contribution < 1.29 is 17.6 Å². The number of benzene rings is 1. The predicted molar refractivity (Wildman–Crippen MR) is 75.7 cm³/mol. The molecule has 0 aliphatic rings. The third-order valence-electron chi connectivity index (χ3n) is 2.67. The van der Waals surface area contributed by atoms with Crippen LogP contribution in [0.2, 0.25) is 0 Å². The average Bonchev–Trinajstić information content (AvgIpc) is 2.94. The molecule has 0 spiro atoms. The highest BCUT2D eigenvalue weighted by molar-refractivity contribution is 7.87. The van der Waals surface area contributed by atoms with Crippen molar-refractivity contribution in [1.82, 2.24) is 19.2 Å². The fourth-order valence-electron chi connectivity index (χ4n) is 1.48. The molecule has 0 saturated heterocycles. The molecule has 0 atom stereocenters. The molecule has 1 aromatic carbocycles. The first kappa shape index (κ1) is 15.4. The molecule has 0 aliphatic carbocycles. The summed E-state index contributed by atoms with van der Waals surface area (Å²) in [6, 6.07) is 7.14. The van der Waals surface area contributed by atoms with Gasteiger partial charge in [0.25, 0.3) is 10.2 Å². The van der Waals surface area contributed by atoms with Crippen LogP contribution in [0, 0.1) is 0 Å². The van der Waals surface area contributed by atoms with Crippen molar-refractivity contribution in [2.75, 3.05) is 21.2 Å². The van der Waals surface area contributed by atoms with Crippen molar-refractivity contribution in [1.29, 1.82) is 0 Å². The van der Waals surface area contributed by atoms with Crippen molar-refractivity contribution in [3.05, 3.63) is 30.2 Å². The van der Waals surface area contributed by atoms with Crippen molar-refractivity contribution in [2.45, 2.75) is 6.54 Å². The summed E-state index contributed by atoms with van der Waals surface area (Å²) in [7, 11) is 0.894. The fraction of sp³-hybridized carbons (Fsp3) is 0.333. The Labute approximate surface area is 122 Å². The zero-order valence-corrected chi connectivity index (χ0v) is 12.7. The van der Waals surface area contributed by atoms with Crippen molar-refractivity contribution in [3.63, 3.8) is 0 Å². The lowest BCUT2D eigenvalue weighted by atomic mass is 10.2. The first-order valence-corrected chi connectivity index (χ1v) is 7.50. The molecule has 21 heavy (non-hydrogen) atoms. The summed E-state index contributed by atoms with van der Waals surface area (Å²) in [5, 5.41) is 7.69. The van der Waals surface area contributed by atoms with Crippen LogP contribution in [0.4, 0.5) is 0 Å². The standard InChI is InChI=1S/C12H16N4O4S/c1-16(2)21(17,18)13-8-11-14-15-12(20-11)9-5-4-6-10(7-9)19-3/h4-7,13H,8H2,1-3H3. The Kier molecular flexibility index (Phi) is 4.56. The van der Waals surface area contributed by atoms with Gasteiger partial charge in [-0.1, -0.05) is 6.07 Å². The number of hydrogen-bond donors (Lipinski definition) is 1. The third-order valence-corrected chi connectivity index (χ3v) is 4.14. The summed E-state index contributed by atoms with van der Waals surface area (Å²) in [5.74, 6) is 1.15. The van der Waals surface area contributed by atoms with E-state index < -0.39 is 10.2 Å². The number of aromatic nitrogens is 2. The van der Waals surface area contributed by atoms with Crippen LogP contribution >= 0.6 is 0 Å². The Hall–Kier alpha value is -1.97.